The molecule has 4 nitrogen and oxygen atoms in total. The SMILES string of the molecule is CC1CCNC1C(=O)Nc1cccc(CN(C)C)c1. The van der Waals surface area contributed by atoms with Crippen LogP contribution in [0.3, 0.4) is 0 Å². The van der Waals surface area contributed by atoms with Gasteiger partial charge in [0.05, 0.1) is 6.04 Å². The lowest BCUT2D eigenvalue weighted by molar-refractivity contribution is -0.118. The molecule has 2 atom stereocenters. The molecule has 1 aromatic carbocycles. The molecule has 104 valence electrons. The van der Waals surface area contributed by atoms with Crippen LogP contribution in [0.5, 0.6) is 0 Å². The van der Waals surface area contributed by atoms with Crippen LogP contribution >= 0.6 is 0 Å². The van der Waals surface area contributed by atoms with Gasteiger partial charge < -0.3 is 15.5 Å². The Balaban J connectivity index is 2.00. The van der Waals surface area contributed by atoms with E-state index in [4.69, 9.17) is 0 Å². The Kier molecular flexibility index (Phi) is 4.56. The van der Waals surface area contributed by atoms with E-state index in [9.17, 15) is 4.79 Å². The summed E-state index contributed by atoms with van der Waals surface area (Å²) in [6.45, 7) is 3.93. The van der Waals surface area contributed by atoms with Crippen LogP contribution in [0, 0.1) is 5.92 Å². The molecule has 0 spiro atoms. The zero-order valence-corrected chi connectivity index (χ0v) is 11.9. The highest BCUT2D eigenvalue weighted by atomic mass is 16.2. The minimum absolute atomic E-state index is 0.0579. The van der Waals surface area contributed by atoms with Crippen molar-refractivity contribution in [1.29, 1.82) is 0 Å². The van der Waals surface area contributed by atoms with Crippen molar-refractivity contribution in [3.05, 3.63) is 29.8 Å². The van der Waals surface area contributed by atoms with Crippen molar-refractivity contribution in [1.82, 2.24) is 10.2 Å². The highest BCUT2D eigenvalue weighted by Gasteiger charge is 2.29. The maximum Gasteiger partial charge on any atom is 0.241 e. The first kappa shape index (κ1) is 14.0. The van der Waals surface area contributed by atoms with Crippen molar-refractivity contribution in [2.45, 2.75) is 25.9 Å². The molecule has 1 amide bonds. The largest absolute Gasteiger partial charge is 0.325 e. The Morgan fingerprint density at radius 3 is 2.89 bits per heavy atom. The van der Waals surface area contributed by atoms with Crippen molar-refractivity contribution in [3.8, 4) is 0 Å². The molecule has 0 aromatic heterocycles. The molecular formula is C15H23N3O. The minimum atomic E-state index is -0.0579. The number of carbonyl (C=O) groups excluding carboxylic acids is 1. The van der Waals surface area contributed by atoms with E-state index in [1.165, 1.54) is 5.56 Å². The first-order chi connectivity index (χ1) is 9.06. The highest BCUT2D eigenvalue weighted by molar-refractivity contribution is 5.95. The number of anilines is 1. The van der Waals surface area contributed by atoms with Gasteiger partial charge in [-0.1, -0.05) is 19.1 Å². The standard InChI is InChI=1S/C15H23N3O/c1-11-7-8-16-14(11)15(19)17-13-6-4-5-12(9-13)10-18(2)3/h4-6,9,11,14,16H,7-8,10H2,1-3H3,(H,17,19). The Morgan fingerprint density at radius 2 is 2.26 bits per heavy atom. The summed E-state index contributed by atoms with van der Waals surface area (Å²) in [4.78, 5) is 14.3. The molecule has 0 saturated carbocycles. The van der Waals surface area contributed by atoms with Gasteiger partial charge in [0.1, 0.15) is 0 Å². The van der Waals surface area contributed by atoms with Crippen LogP contribution in [0.4, 0.5) is 5.69 Å². The van der Waals surface area contributed by atoms with E-state index in [0.29, 0.717) is 5.92 Å². The van der Waals surface area contributed by atoms with Crippen LogP contribution < -0.4 is 10.6 Å². The summed E-state index contributed by atoms with van der Waals surface area (Å²) < 4.78 is 0. The smallest absolute Gasteiger partial charge is 0.241 e. The summed E-state index contributed by atoms with van der Waals surface area (Å²) in [6, 6.07) is 7.98. The summed E-state index contributed by atoms with van der Waals surface area (Å²) >= 11 is 0. The number of hydrogen-bond acceptors (Lipinski definition) is 3. The quantitative estimate of drug-likeness (QED) is 0.867. The molecule has 4 heteroatoms. The van der Waals surface area contributed by atoms with E-state index in [0.717, 1.165) is 25.2 Å². The third-order valence-corrected chi connectivity index (χ3v) is 3.51. The van der Waals surface area contributed by atoms with Crippen molar-refractivity contribution in [2.75, 3.05) is 26.0 Å². The fraction of sp³-hybridized carbons (Fsp3) is 0.533. The molecule has 1 aliphatic rings. The van der Waals surface area contributed by atoms with Gasteiger partial charge in [-0.25, -0.2) is 0 Å². The predicted octanol–water partition coefficient (Wildman–Crippen LogP) is 1.68. The number of amides is 1. The first-order valence-corrected chi connectivity index (χ1v) is 6.84. The Bertz CT molecular complexity index is 445. The summed E-state index contributed by atoms with van der Waals surface area (Å²) in [7, 11) is 4.07. The monoisotopic (exact) mass is 261 g/mol. The summed E-state index contributed by atoms with van der Waals surface area (Å²) in [5, 5.41) is 6.26. The highest BCUT2D eigenvalue weighted by Crippen LogP contribution is 2.17. The average molecular weight is 261 g/mol. The maximum atomic E-state index is 12.2. The molecule has 0 radical (unpaired) electrons. The van der Waals surface area contributed by atoms with Crippen LogP contribution in [0.15, 0.2) is 24.3 Å². The second kappa shape index (κ2) is 6.17. The van der Waals surface area contributed by atoms with Gasteiger partial charge in [-0.3, -0.25) is 4.79 Å². The van der Waals surface area contributed by atoms with Gasteiger partial charge in [-0.05, 0) is 50.7 Å². The lowest BCUT2D eigenvalue weighted by atomic mass is 10.0. The Hall–Kier alpha value is -1.39. The Morgan fingerprint density at radius 1 is 1.47 bits per heavy atom. The number of benzene rings is 1. The van der Waals surface area contributed by atoms with Crippen LogP contribution in [0.1, 0.15) is 18.9 Å². The molecule has 0 bridgehead atoms. The molecule has 1 fully saturated rings. The lowest BCUT2D eigenvalue weighted by Gasteiger charge is -2.16. The molecule has 19 heavy (non-hydrogen) atoms. The summed E-state index contributed by atoms with van der Waals surface area (Å²) in [5.74, 6) is 0.483. The second-order valence-corrected chi connectivity index (χ2v) is 5.63. The van der Waals surface area contributed by atoms with Crippen molar-refractivity contribution < 1.29 is 4.79 Å². The third kappa shape index (κ3) is 3.78. The van der Waals surface area contributed by atoms with E-state index in [1.807, 2.05) is 32.3 Å². The fourth-order valence-electron chi connectivity index (χ4n) is 2.52. The van der Waals surface area contributed by atoms with Gasteiger partial charge in [0.25, 0.3) is 0 Å². The molecular weight excluding hydrogens is 238 g/mol. The van der Waals surface area contributed by atoms with Crippen molar-refractivity contribution >= 4 is 11.6 Å². The minimum Gasteiger partial charge on any atom is -0.325 e. The van der Waals surface area contributed by atoms with Crippen LogP contribution in [-0.2, 0) is 11.3 Å². The maximum absolute atomic E-state index is 12.2. The zero-order chi connectivity index (χ0) is 13.8. The van der Waals surface area contributed by atoms with E-state index >= 15 is 0 Å². The zero-order valence-electron chi connectivity index (χ0n) is 11.9. The Labute approximate surface area is 115 Å². The number of nitrogens with one attached hydrogen (secondary N) is 2. The molecule has 1 saturated heterocycles. The second-order valence-electron chi connectivity index (χ2n) is 5.63. The number of nitrogens with zero attached hydrogens (tertiary/aromatic N) is 1. The predicted molar refractivity (Wildman–Crippen MR) is 78.0 cm³/mol. The molecule has 1 aromatic rings. The molecule has 2 rings (SSSR count). The van der Waals surface area contributed by atoms with Gasteiger partial charge in [-0.15, -0.1) is 0 Å². The fourth-order valence-corrected chi connectivity index (χ4v) is 2.52. The normalized spacial score (nSPS) is 22.7. The number of hydrogen-bond donors (Lipinski definition) is 2. The van der Waals surface area contributed by atoms with Gasteiger partial charge >= 0.3 is 0 Å². The molecule has 1 heterocycles. The topological polar surface area (TPSA) is 44.4 Å². The molecule has 2 N–H and O–H groups in total. The van der Waals surface area contributed by atoms with E-state index in [2.05, 4.69) is 28.5 Å². The molecule has 0 aliphatic carbocycles. The average Bonchev–Trinajstić information content (AvgIpc) is 2.75. The van der Waals surface area contributed by atoms with Gasteiger partial charge in [-0.2, -0.15) is 0 Å². The van der Waals surface area contributed by atoms with Crippen LogP contribution in [-0.4, -0.2) is 37.5 Å². The van der Waals surface area contributed by atoms with Crippen molar-refractivity contribution in [2.24, 2.45) is 5.92 Å². The summed E-state index contributed by atoms with van der Waals surface area (Å²) in [6.07, 6.45) is 1.07. The molecule has 1 aliphatic heterocycles. The van der Waals surface area contributed by atoms with E-state index in [-0.39, 0.29) is 11.9 Å². The first-order valence-electron chi connectivity index (χ1n) is 6.84. The van der Waals surface area contributed by atoms with Crippen LogP contribution in [0.2, 0.25) is 0 Å². The van der Waals surface area contributed by atoms with Gasteiger partial charge in [0.2, 0.25) is 5.91 Å². The van der Waals surface area contributed by atoms with E-state index < -0.39 is 0 Å². The number of rotatable bonds is 4. The molecule has 2 unspecified atom stereocenters. The van der Waals surface area contributed by atoms with Crippen LogP contribution in [0.25, 0.3) is 0 Å². The number of carbonyl (C=O) groups is 1. The van der Waals surface area contributed by atoms with E-state index in [1.54, 1.807) is 0 Å². The third-order valence-electron chi connectivity index (χ3n) is 3.51. The summed E-state index contributed by atoms with van der Waals surface area (Å²) in [5.41, 5.74) is 2.08. The van der Waals surface area contributed by atoms with Gasteiger partial charge in [0, 0.05) is 12.2 Å². The lowest BCUT2D eigenvalue weighted by Crippen LogP contribution is -2.39. The van der Waals surface area contributed by atoms with Gasteiger partial charge in [0.15, 0.2) is 0 Å². The van der Waals surface area contributed by atoms with Crippen molar-refractivity contribution in [3.63, 3.8) is 0 Å².